The van der Waals surface area contributed by atoms with Crippen LogP contribution in [0.25, 0.3) is 0 Å². The Bertz CT molecular complexity index is 503. The third kappa shape index (κ3) is 2.98. The van der Waals surface area contributed by atoms with Gasteiger partial charge < -0.3 is 4.57 Å². The van der Waals surface area contributed by atoms with Crippen LogP contribution in [0.1, 0.15) is 32.5 Å². The first-order valence-electron chi connectivity index (χ1n) is 6.90. The van der Waals surface area contributed by atoms with Gasteiger partial charge in [-0.25, -0.2) is 4.98 Å². The number of hydrogen-bond donors (Lipinski definition) is 0. The summed E-state index contributed by atoms with van der Waals surface area (Å²) in [6, 6.07) is 1.99. The normalized spacial score (nSPS) is 19.8. The van der Waals surface area contributed by atoms with Crippen molar-refractivity contribution in [3.63, 3.8) is 0 Å². The topological polar surface area (TPSA) is 48.1 Å². The van der Waals surface area contributed by atoms with Crippen LogP contribution in [-0.2, 0) is 7.05 Å². The number of piperazine rings is 1. The van der Waals surface area contributed by atoms with E-state index in [0.717, 1.165) is 26.2 Å². The maximum atomic E-state index is 9.48. The molecule has 1 aliphatic heterocycles. The average Bonchev–Trinajstić information content (AvgIpc) is 2.72. The van der Waals surface area contributed by atoms with Gasteiger partial charge in [0.2, 0.25) is 0 Å². The summed E-state index contributed by atoms with van der Waals surface area (Å²) >= 11 is 6.22. The lowest BCUT2D eigenvalue weighted by Gasteiger charge is -2.43. The highest BCUT2D eigenvalue weighted by Crippen LogP contribution is 2.27. The van der Waals surface area contributed by atoms with E-state index < -0.39 is 0 Å². The van der Waals surface area contributed by atoms with Crippen molar-refractivity contribution >= 4 is 11.6 Å². The van der Waals surface area contributed by atoms with E-state index in [4.69, 9.17) is 11.6 Å². The smallest absolute Gasteiger partial charge is 0.144 e. The molecule has 0 aromatic carbocycles. The zero-order valence-corrected chi connectivity index (χ0v) is 13.4. The van der Waals surface area contributed by atoms with Gasteiger partial charge in [-0.1, -0.05) is 11.6 Å². The molecule has 5 nitrogen and oxygen atoms in total. The fourth-order valence-electron chi connectivity index (χ4n) is 2.58. The van der Waals surface area contributed by atoms with E-state index >= 15 is 0 Å². The number of imidazole rings is 1. The first kappa shape index (κ1) is 15.3. The van der Waals surface area contributed by atoms with Crippen molar-refractivity contribution in [1.29, 1.82) is 5.26 Å². The van der Waals surface area contributed by atoms with E-state index in [-0.39, 0.29) is 11.6 Å². The molecule has 0 amide bonds. The summed E-state index contributed by atoms with van der Waals surface area (Å²) < 4.78 is 1.74. The second-order valence-corrected chi connectivity index (χ2v) is 6.62. The Morgan fingerprint density at radius 2 is 1.90 bits per heavy atom. The van der Waals surface area contributed by atoms with Gasteiger partial charge in [-0.15, -0.1) is 0 Å². The summed E-state index contributed by atoms with van der Waals surface area (Å²) in [7, 11) is 1.84. The van der Waals surface area contributed by atoms with Gasteiger partial charge in [0, 0.05) is 38.8 Å². The second-order valence-electron chi connectivity index (χ2n) is 6.26. The largest absolute Gasteiger partial charge is 0.325 e. The molecular weight excluding hydrogens is 274 g/mol. The van der Waals surface area contributed by atoms with Gasteiger partial charge in [-0.05, 0) is 20.8 Å². The molecule has 20 heavy (non-hydrogen) atoms. The molecule has 1 fully saturated rings. The fourth-order valence-corrected chi connectivity index (χ4v) is 2.78. The summed E-state index contributed by atoms with van der Waals surface area (Å²) in [6.45, 7) is 10.3. The molecular formula is C14H22ClN5. The third-order valence-electron chi connectivity index (χ3n) is 3.90. The van der Waals surface area contributed by atoms with E-state index in [1.54, 1.807) is 10.9 Å². The number of nitriles is 1. The Kier molecular flexibility index (Phi) is 4.38. The number of aromatic nitrogens is 2. The summed E-state index contributed by atoms with van der Waals surface area (Å²) in [5.74, 6) is 0. The van der Waals surface area contributed by atoms with E-state index in [1.165, 1.54) is 0 Å². The lowest BCUT2D eigenvalue weighted by molar-refractivity contribution is 0.0514. The Labute approximate surface area is 125 Å². The van der Waals surface area contributed by atoms with Crippen molar-refractivity contribution in [2.45, 2.75) is 32.4 Å². The molecule has 1 aliphatic rings. The zero-order valence-electron chi connectivity index (χ0n) is 12.6. The van der Waals surface area contributed by atoms with Crippen LogP contribution in [0.3, 0.4) is 0 Å². The van der Waals surface area contributed by atoms with Gasteiger partial charge >= 0.3 is 0 Å². The minimum Gasteiger partial charge on any atom is -0.325 e. The Hall–Kier alpha value is -1.09. The molecule has 2 heterocycles. The predicted molar refractivity (Wildman–Crippen MR) is 79.5 cm³/mol. The third-order valence-corrected chi connectivity index (χ3v) is 4.36. The highest BCUT2D eigenvalue weighted by Gasteiger charge is 2.31. The van der Waals surface area contributed by atoms with Gasteiger partial charge in [0.05, 0.1) is 12.4 Å². The summed E-state index contributed by atoms with van der Waals surface area (Å²) in [6.07, 6.45) is 1.66. The van der Waals surface area contributed by atoms with Crippen LogP contribution in [0.5, 0.6) is 0 Å². The number of hydrogen-bond acceptors (Lipinski definition) is 4. The average molecular weight is 296 g/mol. The maximum absolute atomic E-state index is 9.48. The van der Waals surface area contributed by atoms with E-state index in [1.807, 2.05) is 7.05 Å². The van der Waals surface area contributed by atoms with Crippen LogP contribution in [0.2, 0.25) is 5.15 Å². The first-order valence-corrected chi connectivity index (χ1v) is 7.28. The summed E-state index contributed by atoms with van der Waals surface area (Å²) in [4.78, 5) is 8.89. The SMILES string of the molecule is Cn1cnc(C(C#N)N2CCN(C(C)(C)C)CC2)c1Cl. The van der Waals surface area contributed by atoms with Gasteiger partial charge in [-0.3, -0.25) is 9.80 Å². The predicted octanol–water partition coefficient (Wildman–Crippen LogP) is 2.05. The molecule has 1 atom stereocenters. The molecule has 0 N–H and O–H groups in total. The molecule has 2 rings (SSSR count). The van der Waals surface area contributed by atoms with Crippen molar-refractivity contribution in [1.82, 2.24) is 19.4 Å². The fraction of sp³-hybridized carbons (Fsp3) is 0.714. The quantitative estimate of drug-likeness (QED) is 0.838. The summed E-state index contributed by atoms with van der Waals surface area (Å²) in [5.41, 5.74) is 0.845. The van der Waals surface area contributed by atoms with Gasteiger partial charge in [0.1, 0.15) is 16.9 Å². The van der Waals surface area contributed by atoms with Crippen LogP contribution < -0.4 is 0 Å². The molecule has 1 unspecified atom stereocenters. The highest BCUT2D eigenvalue weighted by atomic mass is 35.5. The van der Waals surface area contributed by atoms with Crippen molar-refractivity contribution in [3.05, 3.63) is 17.2 Å². The maximum Gasteiger partial charge on any atom is 0.144 e. The minimum absolute atomic E-state index is 0.177. The molecule has 1 aromatic rings. The molecule has 0 bridgehead atoms. The van der Waals surface area contributed by atoms with Crippen LogP contribution in [0.15, 0.2) is 6.33 Å². The Morgan fingerprint density at radius 1 is 1.30 bits per heavy atom. The minimum atomic E-state index is -0.356. The molecule has 0 radical (unpaired) electrons. The second kappa shape index (κ2) is 5.72. The van der Waals surface area contributed by atoms with Crippen LogP contribution >= 0.6 is 11.6 Å². The number of halogens is 1. The van der Waals surface area contributed by atoms with Crippen LogP contribution in [0.4, 0.5) is 0 Å². The van der Waals surface area contributed by atoms with Gasteiger partial charge in [0.25, 0.3) is 0 Å². The molecule has 0 spiro atoms. The molecule has 0 saturated carbocycles. The number of nitrogens with zero attached hydrogens (tertiary/aromatic N) is 5. The lowest BCUT2D eigenvalue weighted by Crippen LogP contribution is -2.53. The van der Waals surface area contributed by atoms with Crippen molar-refractivity contribution in [2.75, 3.05) is 26.2 Å². The van der Waals surface area contributed by atoms with Gasteiger partial charge in [-0.2, -0.15) is 5.26 Å². The standard InChI is InChI=1S/C14H22ClN5/c1-14(2,3)20-7-5-19(6-8-20)11(9-16)12-13(15)18(4)10-17-12/h10-11H,5-8H2,1-4H3. The van der Waals surface area contributed by atoms with Gasteiger partial charge in [0.15, 0.2) is 0 Å². The highest BCUT2D eigenvalue weighted by molar-refractivity contribution is 6.30. The van der Waals surface area contributed by atoms with Crippen LogP contribution in [-0.4, -0.2) is 51.1 Å². The first-order chi connectivity index (χ1) is 9.34. The Balaban J connectivity index is 2.09. The molecule has 110 valence electrons. The van der Waals surface area contributed by atoms with Crippen molar-refractivity contribution in [3.8, 4) is 6.07 Å². The Morgan fingerprint density at radius 3 is 2.30 bits per heavy atom. The number of rotatable bonds is 2. The van der Waals surface area contributed by atoms with Crippen molar-refractivity contribution in [2.24, 2.45) is 7.05 Å². The summed E-state index contributed by atoms with van der Waals surface area (Å²) in [5, 5.41) is 10.0. The lowest BCUT2D eigenvalue weighted by atomic mass is 10.0. The van der Waals surface area contributed by atoms with E-state index in [2.05, 4.69) is 41.6 Å². The monoisotopic (exact) mass is 295 g/mol. The van der Waals surface area contributed by atoms with Crippen LogP contribution in [0, 0.1) is 11.3 Å². The van der Waals surface area contributed by atoms with E-state index in [0.29, 0.717) is 10.8 Å². The molecule has 1 aromatic heterocycles. The number of aryl methyl sites for hydroxylation is 1. The molecule has 6 heteroatoms. The van der Waals surface area contributed by atoms with Crippen molar-refractivity contribution < 1.29 is 0 Å². The molecule has 1 saturated heterocycles. The zero-order chi connectivity index (χ0) is 14.9. The molecule has 0 aliphatic carbocycles. The van der Waals surface area contributed by atoms with E-state index in [9.17, 15) is 5.26 Å².